The van der Waals surface area contributed by atoms with E-state index < -0.39 is 15.5 Å². The third-order valence-electron chi connectivity index (χ3n) is 5.74. The van der Waals surface area contributed by atoms with Crippen molar-refractivity contribution in [2.75, 3.05) is 0 Å². The van der Waals surface area contributed by atoms with E-state index in [2.05, 4.69) is 0 Å². The molecule has 1 unspecified atom stereocenters. The molecule has 4 rings (SSSR count). The van der Waals surface area contributed by atoms with Gasteiger partial charge in [0.25, 0.3) is 10.1 Å². The highest BCUT2D eigenvalue weighted by Gasteiger charge is 2.50. The lowest BCUT2D eigenvalue weighted by Gasteiger charge is -2.57. The zero-order valence-corrected chi connectivity index (χ0v) is 12.2. The van der Waals surface area contributed by atoms with Crippen LogP contribution >= 0.6 is 0 Å². The summed E-state index contributed by atoms with van der Waals surface area (Å²) in [6.07, 6.45) is 10.7. The molecular weight excluding hydrogens is 262 g/mol. The fraction of sp³-hybridized carbons (Fsp3) is 1.00. The molecule has 0 aromatic rings. The monoisotopic (exact) mass is 287 g/mol. The van der Waals surface area contributed by atoms with E-state index >= 15 is 0 Å². The Kier molecular flexibility index (Phi) is 3.43. The van der Waals surface area contributed by atoms with Gasteiger partial charge in [-0.2, -0.15) is 8.42 Å². The maximum absolute atomic E-state index is 10.9. The van der Waals surface area contributed by atoms with Gasteiger partial charge in [-0.25, -0.2) is 0 Å². The molecule has 0 saturated heterocycles. The van der Waals surface area contributed by atoms with Crippen molar-refractivity contribution in [3.05, 3.63) is 0 Å². The van der Waals surface area contributed by atoms with Crippen molar-refractivity contribution >= 4 is 10.1 Å². The zero-order valence-electron chi connectivity index (χ0n) is 11.4. The normalized spacial score (nSPS) is 42.5. The number of rotatable bonds is 5. The molecule has 4 aliphatic rings. The first-order valence-electron chi connectivity index (χ1n) is 7.58. The first-order chi connectivity index (χ1) is 8.86. The lowest BCUT2D eigenvalue weighted by atomic mass is 9.48. The van der Waals surface area contributed by atoms with E-state index in [-0.39, 0.29) is 0 Å². The molecule has 0 aromatic carbocycles. The second-order valence-electron chi connectivity index (χ2n) is 7.36. The average Bonchev–Trinajstić information content (AvgIpc) is 2.25. The molecule has 0 amide bonds. The third-order valence-corrected chi connectivity index (χ3v) is 6.74. The first kappa shape index (κ1) is 13.8. The molecule has 19 heavy (non-hydrogen) atoms. The minimum atomic E-state index is -4.05. The fourth-order valence-electron chi connectivity index (χ4n) is 5.42. The first-order valence-corrected chi connectivity index (χ1v) is 9.08. The maximum atomic E-state index is 10.9. The third kappa shape index (κ3) is 2.83. The van der Waals surface area contributed by atoms with Crippen molar-refractivity contribution in [2.45, 2.75) is 63.2 Å². The van der Waals surface area contributed by atoms with Gasteiger partial charge in [-0.1, -0.05) is 6.42 Å². The molecule has 0 aliphatic heterocycles. The molecular formula is C14H25NO3S. The van der Waals surface area contributed by atoms with Crippen LogP contribution in [0, 0.1) is 23.2 Å². The van der Waals surface area contributed by atoms with Crippen molar-refractivity contribution in [3.8, 4) is 0 Å². The summed E-state index contributed by atoms with van der Waals surface area (Å²) in [5, 5.41) is -1.10. The Bertz CT molecular complexity index is 410. The second kappa shape index (κ2) is 4.71. The zero-order chi connectivity index (χ0) is 13.7. The van der Waals surface area contributed by atoms with Crippen LogP contribution in [-0.2, 0) is 10.1 Å². The van der Waals surface area contributed by atoms with E-state index in [1.54, 1.807) is 0 Å². The van der Waals surface area contributed by atoms with Crippen LogP contribution in [0.4, 0.5) is 0 Å². The predicted octanol–water partition coefficient (Wildman–Crippen LogP) is 2.55. The molecule has 0 radical (unpaired) electrons. The Morgan fingerprint density at radius 2 is 1.58 bits per heavy atom. The molecule has 4 fully saturated rings. The Labute approximate surface area is 115 Å². The highest BCUT2D eigenvalue weighted by atomic mass is 32.2. The van der Waals surface area contributed by atoms with E-state index in [4.69, 9.17) is 10.3 Å². The molecule has 4 bridgehead atoms. The smallest absolute Gasteiger partial charge is 0.280 e. The van der Waals surface area contributed by atoms with Gasteiger partial charge in [0.1, 0.15) is 5.37 Å². The molecule has 110 valence electrons. The van der Waals surface area contributed by atoms with Gasteiger partial charge >= 0.3 is 0 Å². The van der Waals surface area contributed by atoms with E-state index in [1.165, 1.54) is 38.5 Å². The molecule has 5 heteroatoms. The summed E-state index contributed by atoms with van der Waals surface area (Å²) < 4.78 is 30.7. The predicted molar refractivity (Wildman–Crippen MR) is 74.0 cm³/mol. The Morgan fingerprint density at radius 1 is 1.11 bits per heavy atom. The van der Waals surface area contributed by atoms with Crippen molar-refractivity contribution in [2.24, 2.45) is 28.9 Å². The lowest BCUT2D eigenvalue weighted by Crippen LogP contribution is -2.46. The summed E-state index contributed by atoms with van der Waals surface area (Å²) in [6.45, 7) is 0. The maximum Gasteiger partial charge on any atom is 0.280 e. The Hall–Kier alpha value is -0.130. The minimum absolute atomic E-state index is 0.389. The van der Waals surface area contributed by atoms with Crippen LogP contribution in [0.3, 0.4) is 0 Å². The lowest BCUT2D eigenvalue weighted by molar-refractivity contribution is -0.0583. The van der Waals surface area contributed by atoms with Gasteiger partial charge in [0.05, 0.1) is 0 Å². The van der Waals surface area contributed by atoms with Crippen LogP contribution < -0.4 is 5.73 Å². The molecule has 0 spiro atoms. The quantitative estimate of drug-likeness (QED) is 0.761. The SMILES string of the molecule is NC(CCCC12CC3CC(CC(C3)C1)C2)S(=O)(=O)O. The molecule has 0 heterocycles. The van der Waals surface area contributed by atoms with E-state index in [0.29, 0.717) is 11.8 Å². The van der Waals surface area contributed by atoms with Crippen LogP contribution in [0.15, 0.2) is 0 Å². The number of hydrogen-bond acceptors (Lipinski definition) is 3. The van der Waals surface area contributed by atoms with Crippen LogP contribution in [0.1, 0.15) is 57.8 Å². The van der Waals surface area contributed by atoms with Crippen molar-refractivity contribution in [3.63, 3.8) is 0 Å². The summed E-state index contributed by atoms with van der Waals surface area (Å²) in [4.78, 5) is 0. The topological polar surface area (TPSA) is 80.4 Å². The van der Waals surface area contributed by atoms with Gasteiger partial charge < -0.3 is 5.73 Å². The molecule has 4 saturated carbocycles. The van der Waals surface area contributed by atoms with Gasteiger partial charge in [-0.15, -0.1) is 0 Å². The largest absolute Gasteiger partial charge is 0.313 e. The van der Waals surface area contributed by atoms with Crippen molar-refractivity contribution in [1.29, 1.82) is 0 Å². The van der Waals surface area contributed by atoms with Crippen molar-refractivity contribution in [1.82, 2.24) is 0 Å². The van der Waals surface area contributed by atoms with Gasteiger partial charge in [0, 0.05) is 0 Å². The molecule has 4 aliphatic carbocycles. The highest BCUT2D eigenvalue weighted by molar-refractivity contribution is 7.86. The summed E-state index contributed by atoms with van der Waals surface area (Å²) in [6, 6.07) is 0. The summed E-state index contributed by atoms with van der Waals surface area (Å²) in [7, 11) is -4.05. The fourth-order valence-corrected chi connectivity index (χ4v) is 5.89. The van der Waals surface area contributed by atoms with E-state index in [1.807, 2.05) is 0 Å². The average molecular weight is 287 g/mol. The van der Waals surface area contributed by atoms with Gasteiger partial charge in [-0.05, 0) is 74.5 Å². The Morgan fingerprint density at radius 3 is 2.00 bits per heavy atom. The molecule has 1 atom stereocenters. The van der Waals surface area contributed by atoms with Crippen LogP contribution in [-0.4, -0.2) is 18.3 Å². The van der Waals surface area contributed by atoms with Gasteiger partial charge in [0.2, 0.25) is 0 Å². The summed E-state index contributed by atoms with van der Waals surface area (Å²) in [5.74, 6) is 2.80. The number of nitrogens with two attached hydrogens (primary N) is 1. The Balaban J connectivity index is 1.56. The number of hydrogen-bond donors (Lipinski definition) is 2. The standard InChI is InChI=1S/C14H25NO3S/c15-13(19(16,17)18)2-1-3-14-7-10-4-11(8-14)6-12(5-10)9-14/h10-13H,1-9,15H2,(H,16,17,18). The van der Waals surface area contributed by atoms with Crippen LogP contribution in [0.5, 0.6) is 0 Å². The minimum Gasteiger partial charge on any atom is -0.313 e. The van der Waals surface area contributed by atoms with E-state index in [9.17, 15) is 8.42 Å². The summed E-state index contributed by atoms with van der Waals surface area (Å²) >= 11 is 0. The molecule has 3 N–H and O–H groups in total. The van der Waals surface area contributed by atoms with E-state index in [0.717, 1.165) is 30.6 Å². The highest BCUT2D eigenvalue weighted by Crippen LogP contribution is 2.61. The molecule has 4 nitrogen and oxygen atoms in total. The van der Waals surface area contributed by atoms with Gasteiger partial charge in [-0.3, -0.25) is 4.55 Å². The summed E-state index contributed by atoms with van der Waals surface area (Å²) in [5.41, 5.74) is 5.97. The second-order valence-corrected chi connectivity index (χ2v) is 9.00. The molecule has 0 aromatic heterocycles. The van der Waals surface area contributed by atoms with Gasteiger partial charge in [0.15, 0.2) is 0 Å². The van der Waals surface area contributed by atoms with Crippen LogP contribution in [0.25, 0.3) is 0 Å². The van der Waals surface area contributed by atoms with Crippen LogP contribution in [0.2, 0.25) is 0 Å². The van der Waals surface area contributed by atoms with Crippen molar-refractivity contribution < 1.29 is 13.0 Å².